The molecule has 0 aliphatic heterocycles. The number of benzene rings is 1. The van der Waals surface area contributed by atoms with Gasteiger partial charge in [0.1, 0.15) is 5.82 Å². The Labute approximate surface area is 107 Å². The van der Waals surface area contributed by atoms with Gasteiger partial charge in [-0.3, -0.25) is 0 Å². The Balaban J connectivity index is 2.67. The van der Waals surface area contributed by atoms with Crippen molar-refractivity contribution < 1.29 is 9.50 Å². The lowest BCUT2D eigenvalue weighted by molar-refractivity contribution is 0.154. The Kier molecular flexibility index (Phi) is 4.92. The molecular weight excluding hydrogens is 241 g/mol. The van der Waals surface area contributed by atoms with Crippen LogP contribution < -0.4 is 5.32 Å². The van der Waals surface area contributed by atoms with Crippen LogP contribution in [-0.4, -0.2) is 18.3 Å². The standard InChI is InChI=1S/C13H19ClFNO/c1-9(16-7-13(2,3)8-17)11-5-4-10(15)6-12(11)14/h4-6,9,16-17H,7-8H2,1-3H3. The molecule has 1 unspecified atom stereocenters. The van der Waals surface area contributed by atoms with Gasteiger partial charge in [-0.1, -0.05) is 31.5 Å². The van der Waals surface area contributed by atoms with E-state index in [0.29, 0.717) is 11.6 Å². The first kappa shape index (κ1) is 14.4. The molecule has 0 bridgehead atoms. The summed E-state index contributed by atoms with van der Waals surface area (Å²) in [6.45, 7) is 6.69. The van der Waals surface area contributed by atoms with Gasteiger partial charge in [0.25, 0.3) is 0 Å². The van der Waals surface area contributed by atoms with Crippen LogP contribution in [0, 0.1) is 11.2 Å². The minimum absolute atomic E-state index is 0.0222. The van der Waals surface area contributed by atoms with Crippen molar-refractivity contribution >= 4 is 11.6 Å². The highest BCUT2D eigenvalue weighted by atomic mass is 35.5. The molecule has 0 spiro atoms. The van der Waals surface area contributed by atoms with Gasteiger partial charge in [-0.05, 0) is 24.6 Å². The third kappa shape index (κ3) is 4.26. The van der Waals surface area contributed by atoms with Crippen molar-refractivity contribution in [2.24, 2.45) is 5.41 Å². The Morgan fingerprint density at radius 1 is 1.47 bits per heavy atom. The maximum absolute atomic E-state index is 12.9. The Morgan fingerprint density at radius 2 is 2.12 bits per heavy atom. The van der Waals surface area contributed by atoms with Crippen molar-refractivity contribution in [2.75, 3.05) is 13.2 Å². The van der Waals surface area contributed by atoms with Crippen molar-refractivity contribution in [1.29, 1.82) is 0 Å². The maximum atomic E-state index is 12.9. The molecule has 0 fully saturated rings. The Morgan fingerprint density at radius 3 is 2.65 bits per heavy atom. The summed E-state index contributed by atoms with van der Waals surface area (Å²) in [5.41, 5.74) is 0.683. The quantitative estimate of drug-likeness (QED) is 0.851. The normalized spacial score (nSPS) is 13.8. The van der Waals surface area contributed by atoms with E-state index in [1.54, 1.807) is 6.07 Å². The number of nitrogens with one attached hydrogen (secondary N) is 1. The summed E-state index contributed by atoms with van der Waals surface area (Å²) in [5.74, 6) is -0.332. The molecule has 0 aromatic heterocycles. The molecule has 0 radical (unpaired) electrons. The van der Waals surface area contributed by atoms with Gasteiger partial charge in [0.2, 0.25) is 0 Å². The van der Waals surface area contributed by atoms with E-state index >= 15 is 0 Å². The van der Waals surface area contributed by atoms with Crippen molar-refractivity contribution in [2.45, 2.75) is 26.8 Å². The molecule has 1 rings (SSSR count). The van der Waals surface area contributed by atoms with Gasteiger partial charge in [0.05, 0.1) is 0 Å². The molecular formula is C13H19ClFNO. The summed E-state index contributed by atoms with van der Waals surface area (Å²) < 4.78 is 12.9. The number of halogens is 2. The predicted molar refractivity (Wildman–Crippen MR) is 68.7 cm³/mol. The zero-order valence-electron chi connectivity index (χ0n) is 10.4. The van der Waals surface area contributed by atoms with Crippen LogP contribution in [-0.2, 0) is 0 Å². The fraction of sp³-hybridized carbons (Fsp3) is 0.538. The average molecular weight is 260 g/mol. The van der Waals surface area contributed by atoms with Crippen LogP contribution in [0.1, 0.15) is 32.4 Å². The summed E-state index contributed by atoms with van der Waals surface area (Å²) in [5, 5.41) is 12.9. The van der Waals surface area contributed by atoms with Gasteiger partial charge >= 0.3 is 0 Å². The van der Waals surface area contributed by atoms with Gasteiger partial charge < -0.3 is 10.4 Å². The lowest BCUT2D eigenvalue weighted by Gasteiger charge is -2.25. The Hall–Kier alpha value is -0.640. The summed E-state index contributed by atoms with van der Waals surface area (Å²) in [4.78, 5) is 0. The topological polar surface area (TPSA) is 32.3 Å². The first-order chi connectivity index (χ1) is 7.85. The van der Waals surface area contributed by atoms with E-state index in [1.165, 1.54) is 12.1 Å². The first-order valence-corrected chi connectivity index (χ1v) is 6.03. The maximum Gasteiger partial charge on any atom is 0.124 e. The molecule has 0 saturated heterocycles. The van der Waals surface area contributed by atoms with Crippen LogP contribution in [0.2, 0.25) is 5.02 Å². The highest BCUT2D eigenvalue weighted by Gasteiger charge is 2.18. The monoisotopic (exact) mass is 259 g/mol. The number of rotatable bonds is 5. The average Bonchev–Trinajstić information content (AvgIpc) is 2.26. The van der Waals surface area contributed by atoms with E-state index in [9.17, 15) is 4.39 Å². The molecule has 1 aromatic carbocycles. The predicted octanol–water partition coefficient (Wildman–Crippen LogP) is 3.15. The van der Waals surface area contributed by atoms with Crippen LogP contribution in [0.5, 0.6) is 0 Å². The van der Waals surface area contributed by atoms with Crippen molar-refractivity contribution in [3.8, 4) is 0 Å². The van der Waals surface area contributed by atoms with Crippen molar-refractivity contribution in [1.82, 2.24) is 5.32 Å². The van der Waals surface area contributed by atoms with Gasteiger partial charge in [0, 0.05) is 29.6 Å². The largest absolute Gasteiger partial charge is 0.396 e. The molecule has 17 heavy (non-hydrogen) atoms. The number of hydrogen-bond acceptors (Lipinski definition) is 2. The van der Waals surface area contributed by atoms with E-state index in [-0.39, 0.29) is 23.9 Å². The summed E-state index contributed by atoms with van der Waals surface area (Å²) >= 11 is 5.98. The molecule has 1 atom stereocenters. The van der Waals surface area contributed by atoms with E-state index in [0.717, 1.165) is 5.56 Å². The molecule has 1 aromatic rings. The fourth-order valence-corrected chi connectivity index (χ4v) is 1.78. The van der Waals surface area contributed by atoms with E-state index in [1.807, 2.05) is 20.8 Å². The number of hydrogen-bond donors (Lipinski definition) is 2. The molecule has 96 valence electrons. The molecule has 2 nitrogen and oxygen atoms in total. The van der Waals surface area contributed by atoms with E-state index < -0.39 is 0 Å². The molecule has 0 aliphatic carbocycles. The van der Waals surface area contributed by atoms with Gasteiger partial charge in [0.15, 0.2) is 0 Å². The second-order valence-corrected chi connectivity index (χ2v) is 5.50. The van der Waals surface area contributed by atoms with Crippen molar-refractivity contribution in [3.63, 3.8) is 0 Å². The molecule has 0 aliphatic rings. The lowest BCUT2D eigenvalue weighted by Crippen LogP contribution is -2.33. The van der Waals surface area contributed by atoms with Crippen molar-refractivity contribution in [3.05, 3.63) is 34.6 Å². The van der Waals surface area contributed by atoms with Crippen LogP contribution in [0.15, 0.2) is 18.2 Å². The van der Waals surface area contributed by atoms with E-state index in [4.69, 9.17) is 16.7 Å². The summed E-state index contributed by atoms with van der Waals surface area (Å²) in [6, 6.07) is 4.42. The van der Waals surface area contributed by atoms with Crippen LogP contribution in [0.4, 0.5) is 4.39 Å². The van der Waals surface area contributed by atoms with Gasteiger partial charge in [-0.15, -0.1) is 0 Å². The molecule has 2 N–H and O–H groups in total. The highest BCUT2D eigenvalue weighted by Crippen LogP contribution is 2.24. The SMILES string of the molecule is CC(NCC(C)(C)CO)c1ccc(F)cc1Cl. The third-order valence-corrected chi connectivity index (χ3v) is 3.07. The highest BCUT2D eigenvalue weighted by molar-refractivity contribution is 6.31. The minimum atomic E-state index is -0.332. The number of aliphatic hydroxyl groups is 1. The first-order valence-electron chi connectivity index (χ1n) is 5.65. The Bertz CT molecular complexity index is 382. The van der Waals surface area contributed by atoms with Gasteiger partial charge in [-0.2, -0.15) is 0 Å². The lowest BCUT2D eigenvalue weighted by atomic mass is 9.94. The van der Waals surface area contributed by atoms with Gasteiger partial charge in [-0.25, -0.2) is 4.39 Å². The zero-order chi connectivity index (χ0) is 13.1. The summed E-state index contributed by atoms with van der Waals surface area (Å²) in [7, 11) is 0. The minimum Gasteiger partial charge on any atom is -0.396 e. The second kappa shape index (κ2) is 5.80. The van der Waals surface area contributed by atoms with E-state index in [2.05, 4.69) is 5.32 Å². The second-order valence-electron chi connectivity index (χ2n) is 5.09. The van der Waals surface area contributed by atoms with Crippen LogP contribution in [0.25, 0.3) is 0 Å². The van der Waals surface area contributed by atoms with Crippen LogP contribution >= 0.6 is 11.6 Å². The molecule has 4 heteroatoms. The number of aliphatic hydroxyl groups excluding tert-OH is 1. The molecule has 0 saturated carbocycles. The third-order valence-electron chi connectivity index (χ3n) is 2.74. The van der Waals surface area contributed by atoms with Crippen LogP contribution in [0.3, 0.4) is 0 Å². The molecule has 0 heterocycles. The summed E-state index contributed by atoms with van der Waals surface area (Å²) in [6.07, 6.45) is 0. The smallest absolute Gasteiger partial charge is 0.124 e. The zero-order valence-corrected chi connectivity index (χ0v) is 11.2. The fourth-order valence-electron chi connectivity index (χ4n) is 1.45. The molecule has 0 amide bonds.